The fourth-order valence-electron chi connectivity index (χ4n) is 3.40. The maximum absolute atomic E-state index is 12.8. The van der Waals surface area contributed by atoms with E-state index in [-0.39, 0.29) is 23.9 Å². The summed E-state index contributed by atoms with van der Waals surface area (Å²) in [6.07, 6.45) is 3.85. The zero-order valence-electron chi connectivity index (χ0n) is 12.7. The molecule has 3 rings (SSSR count). The summed E-state index contributed by atoms with van der Waals surface area (Å²) in [5.74, 6) is 0.256. The van der Waals surface area contributed by atoms with Gasteiger partial charge in [-0.05, 0) is 49.6 Å². The van der Waals surface area contributed by atoms with Gasteiger partial charge in [0, 0.05) is 11.4 Å². The van der Waals surface area contributed by atoms with Crippen molar-refractivity contribution in [1.29, 1.82) is 0 Å². The molecule has 1 aromatic heterocycles. The van der Waals surface area contributed by atoms with E-state index in [4.69, 9.17) is 0 Å². The van der Waals surface area contributed by atoms with Crippen LogP contribution in [0.2, 0.25) is 0 Å². The van der Waals surface area contributed by atoms with Crippen LogP contribution in [0.15, 0.2) is 11.4 Å². The predicted molar refractivity (Wildman–Crippen MR) is 83.1 cm³/mol. The minimum atomic E-state index is -0.335. The van der Waals surface area contributed by atoms with Crippen LogP contribution in [0.5, 0.6) is 0 Å². The molecule has 0 bridgehead atoms. The van der Waals surface area contributed by atoms with Gasteiger partial charge in [-0.1, -0.05) is 6.92 Å². The van der Waals surface area contributed by atoms with Gasteiger partial charge < -0.3 is 9.80 Å². The Balaban J connectivity index is 1.84. The Morgan fingerprint density at radius 2 is 2.10 bits per heavy atom. The number of hydrogen-bond acceptors (Lipinski definition) is 3. The van der Waals surface area contributed by atoms with Crippen LogP contribution in [-0.2, 0) is 22.6 Å². The molecule has 0 aliphatic carbocycles. The van der Waals surface area contributed by atoms with E-state index in [9.17, 15) is 9.59 Å². The van der Waals surface area contributed by atoms with Crippen molar-refractivity contribution in [2.75, 3.05) is 6.54 Å². The van der Waals surface area contributed by atoms with Crippen LogP contribution in [-0.4, -0.2) is 40.2 Å². The molecule has 2 saturated heterocycles. The first-order chi connectivity index (χ1) is 10.1. The summed E-state index contributed by atoms with van der Waals surface area (Å²) in [6, 6.07) is 1.57. The van der Waals surface area contributed by atoms with E-state index in [1.165, 1.54) is 10.4 Å². The van der Waals surface area contributed by atoms with Crippen LogP contribution >= 0.6 is 11.3 Å². The van der Waals surface area contributed by atoms with Crippen LogP contribution in [0.1, 0.15) is 43.6 Å². The Morgan fingerprint density at radius 1 is 1.29 bits per heavy atom. The van der Waals surface area contributed by atoms with Crippen molar-refractivity contribution in [2.24, 2.45) is 0 Å². The Labute approximate surface area is 129 Å². The molecule has 21 heavy (non-hydrogen) atoms. The third kappa shape index (κ3) is 2.48. The SMILES string of the molecule is CCc1ccsc1CN1C(=O)C2CCCCN2C(=O)C1C. The van der Waals surface area contributed by atoms with Gasteiger partial charge in [0.2, 0.25) is 11.8 Å². The molecular formula is C16H22N2O2S. The van der Waals surface area contributed by atoms with Gasteiger partial charge in [0.25, 0.3) is 0 Å². The monoisotopic (exact) mass is 306 g/mol. The normalized spacial score (nSPS) is 26.2. The molecule has 4 nitrogen and oxygen atoms in total. The molecule has 0 spiro atoms. The zero-order chi connectivity index (χ0) is 15.0. The Hall–Kier alpha value is -1.36. The van der Waals surface area contributed by atoms with Crippen molar-refractivity contribution < 1.29 is 9.59 Å². The lowest BCUT2D eigenvalue weighted by molar-refractivity contribution is -0.163. The quantitative estimate of drug-likeness (QED) is 0.860. The number of piperazine rings is 1. The number of aryl methyl sites for hydroxylation is 1. The molecule has 0 radical (unpaired) electrons. The number of carbonyl (C=O) groups is 2. The zero-order valence-corrected chi connectivity index (χ0v) is 13.5. The van der Waals surface area contributed by atoms with Crippen LogP contribution in [0, 0.1) is 0 Å². The van der Waals surface area contributed by atoms with Gasteiger partial charge in [-0.2, -0.15) is 0 Å². The first kappa shape index (κ1) is 14.6. The number of carbonyl (C=O) groups excluding carboxylic acids is 2. The number of thiophene rings is 1. The molecule has 2 fully saturated rings. The summed E-state index contributed by atoms with van der Waals surface area (Å²) in [6.45, 7) is 5.31. The van der Waals surface area contributed by atoms with Crippen LogP contribution in [0.4, 0.5) is 0 Å². The van der Waals surface area contributed by atoms with Gasteiger partial charge in [-0.25, -0.2) is 0 Å². The van der Waals surface area contributed by atoms with E-state index < -0.39 is 0 Å². The molecule has 3 heterocycles. The van der Waals surface area contributed by atoms with Crippen molar-refractivity contribution in [3.63, 3.8) is 0 Å². The van der Waals surface area contributed by atoms with E-state index in [0.29, 0.717) is 6.54 Å². The summed E-state index contributed by atoms with van der Waals surface area (Å²) < 4.78 is 0. The minimum Gasteiger partial charge on any atom is -0.329 e. The maximum atomic E-state index is 12.8. The van der Waals surface area contributed by atoms with Crippen LogP contribution < -0.4 is 0 Å². The third-order valence-corrected chi connectivity index (χ3v) is 5.66. The van der Waals surface area contributed by atoms with Gasteiger partial charge >= 0.3 is 0 Å². The summed E-state index contributed by atoms with van der Waals surface area (Å²) in [4.78, 5) is 30.1. The predicted octanol–water partition coefficient (Wildman–Crippen LogP) is 2.42. The fraction of sp³-hybridized carbons (Fsp3) is 0.625. The minimum absolute atomic E-state index is 0.119. The first-order valence-electron chi connectivity index (χ1n) is 7.79. The molecule has 114 valence electrons. The fourth-order valence-corrected chi connectivity index (χ4v) is 4.37. The molecule has 0 aromatic carbocycles. The lowest BCUT2D eigenvalue weighted by Gasteiger charge is -2.46. The number of nitrogens with zero attached hydrogens (tertiary/aromatic N) is 2. The summed E-state index contributed by atoms with van der Waals surface area (Å²) in [7, 11) is 0. The van der Waals surface area contributed by atoms with Gasteiger partial charge in [0.05, 0.1) is 6.54 Å². The van der Waals surface area contributed by atoms with Crippen LogP contribution in [0.25, 0.3) is 0 Å². The molecule has 2 atom stereocenters. The average Bonchev–Trinajstić information content (AvgIpc) is 2.96. The molecule has 2 aliphatic rings. The topological polar surface area (TPSA) is 40.6 Å². The highest BCUT2D eigenvalue weighted by atomic mass is 32.1. The summed E-state index contributed by atoms with van der Waals surface area (Å²) in [5, 5.41) is 2.07. The molecular weight excluding hydrogens is 284 g/mol. The lowest BCUT2D eigenvalue weighted by atomic mass is 9.95. The highest BCUT2D eigenvalue weighted by molar-refractivity contribution is 7.10. The molecule has 2 amide bonds. The Bertz CT molecular complexity index is 554. The van der Waals surface area contributed by atoms with Gasteiger partial charge in [-0.3, -0.25) is 9.59 Å². The maximum Gasteiger partial charge on any atom is 0.246 e. The van der Waals surface area contributed by atoms with E-state index in [2.05, 4.69) is 18.4 Å². The van der Waals surface area contributed by atoms with E-state index in [1.54, 1.807) is 16.2 Å². The second-order valence-electron chi connectivity index (χ2n) is 5.91. The third-order valence-electron chi connectivity index (χ3n) is 4.71. The number of fused-ring (bicyclic) bond motifs is 1. The van der Waals surface area contributed by atoms with E-state index in [0.717, 1.165) is 32.2 Å². The molecule has 0 saturated carbocycles. The highest BCUT2D eigenvalue weighted by Gasteiger charge is 2.44. The number of amides is 2. The molecule has 5 heteroatoms. The van der Waals surface area contributed by atoms with Gasteiger partial charge in [-0.15, -0.1) is 11.3 Å². The standard InChI is InChI=1S/C16H22N2O2S/c1-3-12-7-9-21-14(12)10-18-11(2)15(19)17-8-5-4-6-13(17)16(18)20/h7,9,11,13H,3-6,8,10H2,1-2H3. The van der Waals surface area contributed by atoms with Crippen molar-refractivity contribution in [1.82, 2.24) is 9.80 Å². The lowest BCUT2D eigenvalue weighted by Crippen LogP contribution is -2.64. The Morgan fingerprint density at radius 3 is 2.86 bits per heavy atom. The first-order valence-corrected chi connectivity index (χ1v) is 8.67. The largest absolute Gasteiger partial charge is 0.329 e. The number of piperidine rings is 1. The van der Waals surface area contributed by atoms with E-state index in [1.807, 2.05) is 11.8 Å². The van der Waals surface area contributed by atoms with Crippen molar-refractivity contribution in [3.8, 4) is 0 Å². The van der Waals surface area contributed by atoms with E-state index >= 15 is 0 Å². The molecule has 1 aromatic rings. The number of hydrogen-bond donors (Lipinski definition) is 0. The van der Waals surface area contributed by atoms with Gasteiger partial charge in [0.15, 0.2) is 0 Å². The van der Waals surface area contributed by atoms with Crippen molar-refractivity contribution in [2.45, 2.75) is 58.2 Å². The number of rotatable bonds is 3. The second kappa shape index (κ2) is 5.79. The average molecular weight is 306 g/mol. The van der Waals surface area contributed by atoms with Crippen LogP contribution in [0.3, 0.4) is 0 Å². The second-order valence-corrected chi connectivity index (χ2v) is 6.91. The Kier molecular flexibility index (Phi) is 4.02. The highest BCUT2D eigenvalue weighted by Crippen LogP contribution is 2.29. The summed E-state index contributed by atoms with van der Waals surface area (Å²) >= 11 is 1.68. The smallest absolute Gasteiger partial charge is 0.246 e. The molecule has 0 N–H and O–H groups in total. The van der Waals surface area contributed by atoms with Crippen molar-refractivity contribution in [3.05, 3.63) is 21.9 Å². The summed E-state index contributed by atoms with van der Waals surface area (Å²) in [5.41, 5.74) is 1.29. The van der Waals surface area contributed by atoms with Crippen molar-refractivity contribution >= 4 is 23.2 Å². The molecule has 2 unspecified atom stereocenters. The van der Waals surface area contributed by atoms with Gasteiger partial charge in [0.1, 0.15) is 12.1 Å². The molecule has 2 aliphatic heterocycles.